The van der Waals surface area contributed by atoms with E-state index in [9.17, 15) is 9.59 Å². The van der Waals surface area contributed by atoms with Gasteiger partial charge in [-0.05, 0) is 25.2 Å². The standard InChI is InChI=1S/C13H19N3O3.ClH/c1-9(17)15-10-4-5-12(19-3)11(8-10)16-13(18)6-7-14-2;/h4-5,8,14H,6-7H2,1-3H3,(H,15,17)(H,16,18);1H. The third-order valence-corrected chi connectivity index (χ3v) is 2.40. The molecule has 0 atom stereocenters. The predicted molar refractivity (Wildman–Crippen MR) is 81.7 cm³/mol. The molecule has 0 heterocycles. The fourth-order valence-electron chi connectivity index (χ4n) is 1.54. The minimum absolute atomic E-state index is 0. The highest BCUT2D eigenvalue weighted by Gasteiger charge is 2.08. The van der Waals surface area contributed by atoms with Gasteiger partial charge in [0.2, 0.25) is 11.8 Å². The van der Waals surface area contributed by atoms with Crippen LogP contribution in [-0.2, 0) is 9.59 Å². The normalized spacial score (nSPS) is 9.35. The van der Waals surface area contributed by atoms with Crippen molar-refractivity contribution in [2.24, 2.45) is 0 Å². The lowest BCUT2D eigenvalue weighted by molar-refractivity contribution is -0.116. The van der Waals surface area contributed by atoms with Crippen molar-refractivity contribution >= 4 is 35.6 Å². The van der Waals surface area contributed by atoms with Gasteiger partial charge in [-0.2, -0.15) is 0 Å². The minimum atomic E-state index is -0.169. The van der Waals surface area contributed by atoms with Crippen LogP contribution < -0.4 is 20.7 Å². The van der Waals surface area contributed by atoms with Crippen LogP contribution in [0.15, 0.2) is 18.2 Å². The first-order valence-electron chi connectivity index (χ1n) is 5.97. The molecule has 1 rings (SSSR count). The van der Waals surface area contributed by atoms with Crippen molar-refractivity contribution in [3.63, 3.8) is 0 Å². The van der Waals surface area contributed by atoms with E-state index in [-0.39, 0.29) is 24.2 Å². The number of carbonyl (C=O) groups is 2. The molecule has 0 unspecified atom stereocenters. The van der Waals surface area contributed by atoms with E-state index in [1.807, 2.05) is 0 Å². The Balaban J connectivity index is 0.00000361. The van der Waals surface area contributed by atoms with Gasteiger partial charge in [0.1, 0.15) is 5.75 Å². The molecule has 0 spiro atoms. The maximum atomic E-state index is 11.7. The van der Waals surface area contributed by atoms with E-state index in [0.717, 1.165) is 0 Å². The summed E-state index contributed by atoms with van der Waals surface area (Å²) in [6, 6.07) is 5.07. The van der Waals surface area contributed by atoms with Crippen LogP contribution in [0.4, 0.5) is 11.4 Å². The van der Waals surface area contributed by atoms with Gasteiger partial charge in [0.05, 0.1) is 12.8 Å². The van der Waals surface area contributed by atoms with E-state index in [2.05, 4.69) is 16.0 Å². The maximum Gasteiger partial charge on any atom is 0.225 e. The zero-order chi connectivity index (χ0) is 14.3. The summed E-state index contributed by atoms with van der Waals surface area (Å²) in [5.74, 6) is 0.261. The first kappa shape index (κ1) is 18.2. The molecule has 20 heavy (non-hydrogen) atoms. The predicted octanol–water partition coefficient (Wildman–Crippen LogP) is 1.62. The Morgan fingerprint density at radius 1 is 1.25 bits per heavy atom. The summed E-state index contributed by atoms with van der Waals surface area (Å²) in [4.78, 5) is 22.7. The molecule has 7 heteroatoms. The molecule has 0 bridgehead atoms. The number of nitrogens with one attached hydrogen (secondary N) is 3. The van der Waals surface area contributed by atoms with Gasteiger partial charge in [0, 0.05) is 25.6 Å². The number of hydrogen-bond acceptors (Lipinski definition) is 4. The highest BCUT2D eigenvalue weighted by atomic mass is 35.5. The fraction of sp³-hybridized carbons (Fsp3) is 0.385. The van der Waals surface area contributed by atoms with Crippen molar-refractivity contribution in [1.82, 2.24) is 5.32 Å². The molecule has 0 aliphatic carbocycles. The smallest absolute Gasteiger partial charge is 0.225 e. The van der Waals surface area contributed by atoms with E-state index in [1.54, 1.807) is 25.2 Å². The quantitative estimate of drug-likeness (QED) is 0.746. The Morgan fingerprint density at radius 2 is 1.95 bits per heavy atom. The molecule has 0 radical (unpaired) electrons. The fourth-order valence-corrected chi connectivity index (χ4v) is 1.54. The first-order valence-corrected chi connectivity index (χ1v) is 5.97. The Morgan fingerprint density at radius 3 is 2.50 bits per heavy atom. The van der Waals surface area contributed by atoms with E-state index in [4.69, 9.17) is 4.74 Å². The number of anilines is 2. The van der Waals surface area contributed by atoms with Crippen molar-refractivity contribution < 1.29 is 14.3 Å². The molecule has 0 fully saturated rings. The molecule has 1 aromatic rings. The van der Waals surface area contributed by atoms with Gasteiger partial charge in [-0.15, -0.1) is 12.4 Å². The second kappa shape index (κ2) is 9.17. The van der Waals surface area contributed by atoms with Crippen LogP contribution in [0, 0.1) is 0 Å². The number of benzene rings is 1. The lowest BCUT2D eigenvalue weighted by atomic mass is 10.2. The van der Waals surface area contributed by atoms with E-state index < -0.39 is 0 Å². The molecular weight excluding hydrogens is 282 g/mol. The number of methoxy groups -OCH3 is 1. The molecule has 2 amide bonds. The summed E-state index contributed by atoms with van der Waals surface area (Å²) in [5, 5.41) is 8.31. The molecular formula is C13H20ClN3O3. The van der Waals surface area contributed by atoms with Crippen molar-refractivity contribution in [2.45, 2.75) is 13.3 Å². The van der Waals surface area contributed by atoms with Crippen molar-refractivity contribution in [2.75, 3.05) is 31.3 Å². The number of halogens is 1. The van der Waals surface area contributed by atoms with Crippen molar-refractivity contribution in [3.8, 4) is 5.75 Å². The average Bonchev–Trinajstić information content (AvgIpc) is 2.36. The monoisotopic (exact) mass is 301 g/mol. The lowest BCUT2D eigenvalue weighted by Gasteiger charge is -2.12. The van der Waals surface area contributed by atoms with Crippen LogP contribution in [0.1, 0.15) is 13.3 Å². The summed E-state index contributed by atoms with van der Waals surface area (Å²) in [7, 11) is 3.31. The van der Waals surface area contributed by atoms with E-state index in [0.29, 0.717) is 30.1 Å². The molecule has 112 valence electrons. The highest BCUT2D eigenvalue weighted by molar-refractivity contribution is 5.95. The Bertz CT molecular complexity index is 466. The van der Waals surface area contributed by atoms with Gasteiger partial charge in [0.15, 0.2) is 0 Å². The average molecular weight is 302 g/mol. The second-order valence-electron chi connectivity index (χ2n) is 4.00. The minimum Gasteiger partial charge on any atom is -0.495 e. The van der Waals surface area contributed by atoms with Crippen LogP contribution >= 0.6 is 12.4 Å². The second-order valence-corrected chi connectivity index (χ2v) is 4.00. The SMILES string of the molecule is CNCCC(=O)Nc1cc(NC(C)=O)ccc1OC.Cl. The molecule has 0 aliphatic heterocycles. The van der Waals surface area contributed by atoms with Gasteiger partial charge in [-0.25, -0.2) is 0 Å². The number of hydrogen-bond donors (Lipinski definition) is 3. The molecule has 0 aromatic heterocycles. The largest absolute Gasteiger partial charge is 0.495 e. The zero-order valence-corrected chi connectivity index (χ0v) is 12.6. The molecule has 1 aromatic carbocycles. The van der Waals surface area contributed by atoms with Crippen LogP contribution in [0.2, 0.25) is 0 Å². The van der Waals surface area contributed by atoms with Gasteiger partial charge in [-0.1, -0.05) is 0 Å². The maximum absolute atomic E-state index is 11.7. The van der Waals surface area contributed by atoms with Crippen molar-refractivity contribution in [3.05, 3.63) is 18.2 Å². The molecule has 6 nitrogen and oxygen atoms in total. The molecule has 3 N–H and O–H groups in total. The third kappa shape index (κ3) is 5.90. The summed E-state index contributed by atoms with van der Waals surface area (Å²) < 4.78 is 5.17. The molecule has 0 saturated carbocycles. The van der Waals surface area contributed by atoms with Gasteiger partial charge in [0.25, 0.3) is 0 Å². The Hall–Kier alpha value is -1.79. The number of carbonyl (C=O) groups excluding carboxylic acids is 2. The van der Waals surface area contributed by atoms with Crippen LogP contribution in [0.3, 0.4) is 0 Å². The summed E-state index contributed by atoms with van der Waals surface area (Å²) >= 11 is 0. The number of ether oxygens (including phenoxy) is 1. The number of rotatable bonds is 6. The number of amides is 2. The lowest BCUT2D eigenvalue weighted by Crippen LogP contribution is -2.19. The van der Waals surface area contributed by atoms with Gasteiger partial charge < -0.3 is 20.7 Å². The topological polar surface area (TPSA) is 79.5 Å². The van der Waals surface area contributed by atoms with Crippen LogP contribution in [0.25, 0.3) is 0 Å². The van der Waals surface area contributed by atoms with Gasteiger partial charge in [-0.3, -0.25) is 9.59 Å². The Labute approximate surface area is 124 Å². The summed E-state index contributed by atoms with van der Waals surface area (Å²) in [6.45, 7) is 2.02. The Kier molecular flexibility index (Phi) is 8.35. The highest BCUT2D eigenvalue weighted by Crippen LogP contribution is 2.27. The van der Waals surface area contributed by atoms with E-state index in [1.165, 1.54) is 14.0 Å². The van der Waals surface area contributed by atoms with Crippen molar-refractivity contribution in [1.29, 1.82) is 0 Å². The summed E-state index contributed by atoms with van der Waals surface area (Å²) in [6.07, 6.45) is 0.365. The zero-order valence-electron chi connectivity index (χ0n) is 11.8. The third-order valence-electron chi connectivity index (χ3n) is 2.40. The molecule has 0 aliphatic rings. The van der Waals surface area contributed by atoms with Crippen LogP contribution in [0.5, 0.6) is 5.75 Å². The van der Waals surface area contributed by atoms with Gasteiger partial charge >= 0.3 is 0 Å². The van der Waals surface area contributed by atoms with E-state index >= 15 is 0 Å². The molecule has 0 saturated heterocycles. The van der Waals surface area contributed by atoms with Crippen LogP contribution in [-0.4, -0.2) is 32.5 Å². The first-order chi connectivity index (χ1) is 9.06. The summed E-state index contributed by atoms with van der Waals surface area (Å²) in [5.41, 5.74) is 1.15.